The Morgan fingerprint density at radius 1 is 1.19 bits per heavy atom. The fourth-order valence-corrected chi connectivity index (χ4v) is 4.95. The van der Waals surface area contributed by atoms with E-state index in [-0.39, 0.29) is 30.5 Å². The molecule has 5 rings (SSSR count). The molecule has 1 fully saturated rings. The number of halogens is 1. The maximum atomic E-state index is 13.6. The molecule has 11 heteroatoms. The van der Waals surface area contributed by atoms with E-state index in [4.69, 9.17) is 4.74 Å². The molecule has 190 valence electrons. The van der Waals surface area contributed by atoms with Gasteiger partial charge in [0.25, 0.3) is 5.91 Å². The van der Waals surface area contributed by atoms with Crippen molar-refractivity contribution in [2.45, 2.75) is 32.5 Å². The third-order valence-corrected chi connectivity index (χ3v) is 7.02. The molecule has 1 saturated heterocycles. The van der Waals surface area contributed by atoms with Crippen LogP contribution in [-0.2, 0) is 11.3 Å². The number of likely N-dealkylation sites (tertiary alicyclic amines) is 1. The number of nitrogens with one attached hydrogen (secondary N) is 2. The van der Waals surface area contributed by atoms with Crippen LogP contribution in [0.1, 0.15) is 39.5 Å². The number of hydrogen-bond donors (Lipinski definition) is 2. The summed E-state index contributed by atoms with van der Waals surface area (Å²) in [7, 11) is 0. The van der Waals surface area contributed by atoms with Gasteiger partial charge in [-0.1, -0.05) is 30.3 Å². The Morgan fingerprint density at radius 2 is 1.97 bits per heavy atom. The summed E-state index contributed by atoms with van der Waals surface area (Å²) in [4.78, 5) is 41.1. The second-order valence-corrected chi connectivity index (χ2v) is 10.1. The monoisotopic (exact) mass is 520 g/mol. The zero-order chi connectivity index (χ0) is 25.9. The van der Waals surface area contributed by atoms with E-state index in [2.05, 4.69) is 25.6 Å². The summed E-state index contributed by atoms with van der Waals surface area (Å²) < 4.78 is 19.6. The van der Waals surface area contributed by atoms with Crippen molar-refractivity contribution in [1.82, 2.24) is 25.2 Å². The van der Waals surface area contributed by atoms with Crippen molar-refractivity contribution in [3.8, 4) is 0 Å². The van der Waals surface area contributed by atoms with Gasteiger partial charge in [-0.2, -0.15) is 0 Å². The minimum atomic E-state index is -0.522. The van der Waals surface area contributed by atoms with Crippen molar-refractivity contribution in [1.29, 1.82) is 0 Å². The van der Waals surface area contributed by atoms with E-state index in [1.165, 1.54) is 17.4 Å². The molecule has 4 heterocycles. The van der Waals surface area contributed by atoms with Crippen molar-refractivity contribution in [2.24, 2.45) is 0 Å². The van der Waals surface area contributed by atoms with Gasteiger partial charge in [0.1, 0.15) is 12.4 Å². The predicted molar refractivity (Wildman–Crippen MR) is 138 cm³/mol. The standard InChI is InChI=1S/C26H25FN6O3S/c1-15-8-21-23(37-15)22(32-25(31-21)29-16(2)18-9-19(27)11-28-10-18)24(34)33-12-20(13-33)30-26(35)36-14-17-6-4-3-5-7-17/h3-11,16,20H,12-14H2,1-2H3,(H,30,35)(H,29,31,32)/t16-/m0/s1. The van der Waals surface area contributed by atoms with Gasteiger partial charge in [0, 0.05) is 24.2 Å². The predicted octanol–water partition coefficient (Wildman–Crippen LogP) is 4.46. The van der Waals surface area contributed by atoms with Crippen molar-refractivity contribution in [3.05, 3.63) is 82.4 Å². The molecule has 1 atom stereocenters. The molecule has 1 aliphatic rings. The molecule has 4 aromatic rings. The highest BCUT2D eigenvalue weighted by molar-refractivity contribution is 7.19. The molecule has 3 aromatic heterocycles. The third-order valence-electron chi connectivity index (χ3n) is 5.97. The lowest BCUT2D eigenvalue weighted by Crippen LogP contribution is -2.61. The van der Waals surface area contributed by atoms with E-state index in [1.807, 2.05) is 50.2 Å². The van der Waals surface area contributed by atoms with Crippen LogP contribution in [0.2, 0.25) is 0 Å². The van der Waals surface area contributed by atoms with Gasteiger partial charge in [-0.05, 0) is 37.1 Å². The van der Waals surface area contributed by atoms with Gasteiger partial charge < -0.3 is 20.3 Å². The third kappa shape index (κ3) is 5.67. The van der Waals surface area contributed by atoms with E-state index >= 15 is 0 Å². The number of pyridine rings is 1. The topological polar surface area (TPSA) is 109 Å². The van der Waals surface area contributed by atoms with Crippen LogP contribution in [-0.4, -0.2) is 51.0 Å². The highest BCUT2D eigenvalue weighted by Gasteiger charge is 2.34. The molecule has 1 aliphatic heterocycles. The molecule has 0 saturated carbocycles. The number of amides is 2. The smallest absolute Gasteiger partial charge is 0.407 e. The lowest BCUT2D eigenvalue weighted by molar-refractivity contribution is 0.0542. The first-order valence-corrected chi connectivity index (χ1v) is 12.6. The number of aromatic nitrogens is 3. The fourth-order valence-electron chi connectivity index (χ4n) is 4.02. The van der Waals surface area contributed by atoms with Crippen LogP contribution >= 0.6 is 11.3 Å². The summed E-state index contributed by atoms with van der Waals surface area (Å²) >= 11 is 1.45. The molecular weight excluding hydrogens is 495 g/mol. The van der Waals surface area contributed by atoms with Gasteiger partial charge in [-0.3, -0.25) is 9.78 Å². The molecular formula is C26H25FN6O3S. The summed E-state index contributed by atoms with van der Waals surface area (Å²) in [6, 6.07) is 12.2. The van der Waals surface area contributed by atoms with Crippen LogP contribution in [0.4, 0.5) is 15.1 Å². The second kappa shape index (κ2) is 10.5. The zero-order valence-corrected chi connectivity index (χ0v) is 21.1. The number of benzene rings is 1. The lowest BCUT2D eigenvalue weighted by atomic mass is 10.1. The van der Waals surface area contributed by atoms with Gasteiger partial charge in [0.15, 0.2) is 5.69 Å². The quantitative estimate of drug-likeness (QED) is 0.370. The first-order valence-electron chi connectivity index (χ1n) is 11.8. The highest BCUT2D eigenvalue weighted by atomic mass is 32.1. The fraction of sp³-hybridized carbons (Fsp3) is 0.269. The summed E-state index contributed by atoms with van der Waals surface area (Å²) in [5.74, 6) is -0.407. The normalized spacial score (nSPS) is 14.2. The second-order valence-electron chi connectivity index (χ2n) is 8.88. The van der Waals surface area contributed by atoms with Crippen molar-refractivity contribution >= 4 is 39.5 Å². The summed E-state index contributed by atoms with van der Waals surface area (Å²) in [5.41, 5.74) is 2.48. The Labute approximate surface area is 216 Å². The highest BCUT2D eigenvalue weighted by Crippen LogP contribution is 2.30. The Hall–Kier alpha value is -4.12. The number of alkyl carbamates (subject to hydrolysis) is 1. The van der Waals surface area contributed by atoms with Crippen LogP contribution in [0, 0.1) is 12.7 Å². The number of fused-ring (bicyclic) bond motifs is 1. The van der Waals surface area contributed by atoms with Gasteiger partial charge >= 0.3 is 6.09 Å². The minimum absolute atomic E-state index is 0.179. The molecule has 9 nitrogen and oxygen atoms in total. The van der Waals surface area contributed by atoms with Crippen LogP contribution in [0.5, 0.6) is 0 Å². The summed E-state index contributed by atoms with van der Waals surface area (Å²) in [6.45, 7) is 4.66. The Morgan fingerprint density at radius 3 is 2.73 bits per heavy atom. The van der Waals surface area contributed by atoms with Gasteiger partial charge in [-0.25, -0.2) is 19.2 Å². The van der Waals surface area contributed by atoms with Crippen LogP contribution < -0.4 is 10.6 Å². The van der Waals surface area contributed by atoms with E-state index in [1.54, 1.807) is 11.1 Å². The van der Waals surface area contributed by atoms with Gasteiger partial charge in [0.2, 0.25) is 5.95 Å². The number of rotatable bonds is 7. The number of ether oxygens (including phenoxy) is 1. The zero-order valence-electron chi connectivity index (χ0n) is 20.3. The molecule has 0 spiro atoms. The first-order chi connectivity index (χ1) is 17.9. The molecule has 0 radical (unpaired) electrons. The van der Waals surface area contributed by atoms with Gasteiger partial charge in [-0.15, -0.1) is 11.3 Å². The molecule has 1 aromatic carbocycles. The number of aryl methyl sites for hydroxylation is 1. The maximum absolute atomic E-state index is 13.6. The first kappa shape index (κ1) is 24.6. The molecule has 37 heavy (non-hydrogen) atoms. The molecule has 2 amide bonds. The van der Waals surface area contributed by atoms with Crippen molar-refractivity contribution in [2.75, 3.05) is 18.4 Å². The SMILES string of the molecule is Cc1cc2nc(N[C@@H](C)c3cncc(F)c3)nc(C(=O)N3CC(NC(=O)OCc4ccccc4)C3)c2s1. The van der Waals surface area contributed by atoms with Crippen LogP contribution in [0.15, 0.2) is 54.9 Å². The average molecular weight is 521 g/mol. The van der Waals surface area contributed by atoms with Gasteiger partial charge in [0.05, 0.1) is 28.5 Å². The number of carbonyl (C=O) groups excluding carboxylic acids is 2. The van der Waals surface area contributed by atoms with E-state index in [9.17, 15) is 14.0 Å². The number of nitrogens with zero attached hydrogens (tertiary/aromatic N) is 4. The van der Waals surface area contributed by atoms with Crippen molar-refractivity contribution < 1.29 is 18.7 Å². The molecule has 0 aliphatic carbocycles. The largest absolute Gasteiger partial charge is 0.445 e. The lowest BCUT2D eigenvalue weighted by Gasteiger charge is -2.39. The van der Waals surface area contributed by atoms with E-state index in [0.717, 1.165) is 16.6 Å². The molecule has 0 bridgehead atoms. The number of hydrogen-bond acceptors (Lipinski definition) is 8. The molecule has 2 N–H and O–H groups in total. The molecule has 0 unspecified atom stereocenters. The van der Waals surface area contributed by atoms with E-state index < -0.39 is 11.9 Å². The number of thiophene rings is 1. The average Bonchev–Trinajstić information content (AvgIpc) is 3.24. The maximum Gasteiger partial charge on any atom is 0.407 e. The Bertz CT molecular complexity index is 1440. The number of carbonyl (C=O) groups is 2. The summed E-state index contributed by atoms with van der Waals surface area (Å²) in [6.07, 6.45) is 2.19. The number of anilines is 1. The minimum Gasteiger partial charge on any atom is -0.445 e. The van der Waals surface area contributed by atoms with E-state index in [0.29, 0.717) is 34.6 Å². The Kier molecular flexibility index (Phi) is 6.95. The van der Waals surface area contributed by atoms with Crippen LogP contribution in [0.25, 0.3) is 10.2 Å². The van der Waals surface area contributed by atoms with Crippen LogP contribution in [0.3, 0.4) is 0 Å². The Balaban J connectivity index is 1.24. The van der Waals surface area contributed by atoms with Crippen molar-refractivity contribution in [3.63, 3.8) is 0 Å². The summed E-state index contributed by atoms with van der Waals surface area (Å²) in [5, 5.41) is 5.94.